The fourth-order valence-corrected chi connectivity index (χ4v) is 1.66. The van der Waals surface area contributed by atoms with Gasteiger partial charge in [-0.15, -0.1) is 0 Å². The van der Waals surface area contributed by atoms with Gasteiger partial charge in [-0.2, -0.15) is 18.4 Å². The quantitative estimate of drug-likeness (QED) is 0.826. The van der Waals surface area contributed by atoms with Crippen molar-refractivity contribution in [3.05, 3.63) is 29.3 Å². The molecule has 1 aromatic rings. The van der Waals surface area contributed by atoms with Crippen LogP contribution in [0, 0.1) is 24.2 Å². The SMILES string of the molecule is Cc1cc(C(C)(C)C)ccc1OCC(C#N)C(F)(F)F. The first-order valence-corrected chi connectivity index (χ1v) is 6.26. The van der Waals surface area contributed by atoms with Gasteiger partial charge in [0, 0.05) is 0 Å². The highest BCUT2D eigenvalue weighted by Crippen LogP contribution is 2.30. The third-order valence-corrected chi connectivity index (χ3v) is 3.00. The summed E-state index contributed by atoms with van der Waals surface area (Å²) in [6, 6.07) is 6.59. The average Bonchev–Trinajstić information content (AvgIpc) is 2.28. The maximum Gasteiger partial charge on any atom is 0.407 e. The minimum absolute atomic E-state index is 0.0373. The Morgan fingerprint density at radius 2 is 1.85 bits per heavy atom. The van der Waals surface area contributed by atoms with E-state index in [1.54, 1.807) is 13.0 Å². The smallest absolute Gasteiger partial charge is 0.407 e. The Labute approximate surface area is 117 Å². The van der Waals surface area contributed by atoms with Gasteiger partial charge in [0.1, 0.15) is 12.4 Å². The van der Waals surface area contributed by atoms with E-state index in [4.69, 9.17) is 10.00 Å². The van der Waals surface area contributed by atoms with Crippen molar-refractivity contribution in [3.8, 4) is 11.8 Å². The lowest BCUT2D eigenvalue weighted by Gasteiger charge is -2.21. The van der Waals surface area contributed by atoms with Crippen LogP contribution in [-0.2, 0) is 5.41 Å². The Morgan fingerprint density at radius 1 is 1.25 bits per heavy atom. The molecule has 0 spiro atoms. The third kappa shape index (κ3) is 4.16. The molecule has 0 heterocycles. The second-order valence-corrected chi connectivity index (χ2v) is 5.76. The molecule has 0 aliphatic carbocycles. The molecule has 5 heteroatoms. The second kappa shape index (κ2) is 5.74. The van der Waals surface area contributed by atoms with Crippen molar-refractivity contribution in [2.75, 3.05) is 6.61 Å². The van der Waals surface area contributed by atoms with Gasteiger partial charge in [0.05, 0.1) is 6.07 Å². The molecule has 0 amide bonds. The van der Waals surface area contributed by atoms with Gasteiger partial charge in [-0.1, -0.05) is 32.9 Å². The first-order chi connectivity index (χ1) is 9.05. The predicted octanol–water partition coefficient (Wildman–Crippen LogP) is 4.37. The Morgan fingerprint density at radius 3 is 2.25 bits per heavy atom. The Balaban J connectivity index is 2.83. The van der Waals surface area contributed by atoms with Gasteiger partial charge in [-0.25, -0.2) is 0 Å². The van der Waals surface area contributed by atoms with Crippen molar-refractivity contribution >= 4 is 0 Å². The summed E-state index contributed by atoms with van der Waals surface area (Å²) in [5.41, 5.74) is 1.80. The maximum atomic E-state index is 12.4. The summed E-state index contributed by atoms with van der Waals surface area (Å²) in [7, 11) is 0. The first-order valence-electron chi connectivity index (χ1n) is 6.26. The van der Waals surface area contributed by atoms with Gasteiger partial charge < -0.3 is 4.74 Å². The molecule has 1 atom stereocenters. The standard InChI is InChI=1S/C15H18F3NO/c1-10-7-11(14(2,3)4)5-6-13(10)20-9-12(8-19)15(16,17)18/h5-7,12H,9H2,1-4H3. The van der Waals surface area contributed by atoms with E-state index < -0.39 is 18.7 Å². The molecule has 0 aromatic heterocycles. The highest BCUT2D eigenvalue weighted by Gasteiger charge is 2.40. The third-order valence-electron chi connectivity index (χ3n) is 3.00. The van der Waals surface area contributed by atoms with Crippen molar-refractivity contribution in [2.45, 2.75) is 39.3 Å². The molecule has 0 saturated carbocycles. The zero-order valence-electron chi connectivity index (χ0n) is 12.0. The van der Waals surface area contributed by atoms with Crippen LogP contribution in [0.5, 0.6) is 5.75 Å². The normalized spacial score (nSPS) is 13.7. The molecule has 0 aliphatic heterocycles. The first kappa shape index (κ1) is 16.4. The van der Waals surface area contributed by atoms with E-state index in [1.165, 1.54) is 6.07 Å². The summed E-state index contributed by atoms with van der Waals surface area (Å²) >= 11 is 0. The molecule has 0 N–H and O–H groups in total. The summed E-state index contributed by atoms with van der Waals surface area (Å²) < 4.78 is 42.5. The number of benzene rings is 1. The summed E-state index contributed by atoms with van der Waals surface area (Å²) in [4.78, 5) is 0. The van der Waals surface area contributed by atoms with Gasteiger partial charge in [-0.05, 0) is 29.5 Å². The Hall–Kier alpha value is -1.70. The van der Waals surface area contributed by atoms with Gasteiger partial charge in [0.2, 0.25) is 0 Å². The van der Waals surface area contributed by atoms with Crippen molar-refractivity contribution in [1.29, 1.82) is 5.26 Å². The minimum Gasteiger partial charge on any atom is -0.492 e. The molecule has 0 radical (unpaired) electrons. The van der Waals surface area contributed by atoms with Crippen LogP contribution < -0.4 is 4.74 Å². The van der Waals surface area contributed by atoms with Crippen LogP contribution in [0.15, 0.2) is 18.2 Å². The number of halogens is 3. The van der Waals surface area contributed by atoms with E-state index in [0.717, 1.165) is 11.1 Å². The van der Waals surface area contributed by atoms with E-state index in [9.17, 15) is 13.2 Å². The molecule has 0 bridgehead atoms. The van der Waals surface area contributed by atoms with E-state index >= 15 is 0 Å². The second-order valence-electron chi connectivity index (χ2n) is 5.76. The van der Waals surface area contributed by atoms with Crippen LogP contribution >= 0.6 is 0 Å². The van der Waals surface area contributed by atoms with Crippen LogP contribution in [0.1, 0.15) is 31.9 Å². The summed E-state index contributed by atoms with van der Waals surface area (Å²) in [6.07, 6.45) is -4.56. The fraction of sp³-hybridized carbons (Fsp3) is 0.533. The van der Waals surface area contributed by atoms with Crippen molar-refractivity contribution < 1.29 is 17.9 Å². The highest BCUT2D eigenvalue weighted by molar-refractivity contribution is 5.38. The molecular weight excluding hydrogens is 267 g/mol. The molecule has 2 nitrogen and oxygen atoms in total. The zero-order chi connectivity index (χ0) is 15.6. The fourth-order valence-electron chi connectivity index (χ4n) is 1.66. The number of rotatable bonds is 3. The van der Waals surface area contributed by atoms with Crippen LogP contribution in [-0.4, -0.2) is 12.8 Å². The number of alkyl halides is 3. The van der Waals surface area contributed by atoms with Crippen LogP contribution in [0.25, 0.3) is 0 Å². The highest BCUT2D eigenvalue weighted by atomic mass is 19.4. The lowest BCUT2D eigenvalue weighted by atomic mass is 9.86. The molecule has 0 fully saturated rings. The molecule has 1 unspecified atom stereocenters. The van der Waals surface area contributed by atoms with Crippen molar-refractivity contribution in [2.24, 2.45) is 5.92 Å². The van der Waals surface area contributed by atoms with Crippen LogP contribution in [0.4, 0.5) is 13.2 Å². The van der Waals surface area contributed by atoms with Gasteiger partial charge in [0.25, 0.3) is 0 Å². The molecular formula is C15H18F3NO. The molecule has 20 heavy (non-hydrogen) atoms. The molecule has 0 aliphatic rings. The number of nitriles is 1. The number of ether oxygens (including phenoxy) is 1. The van der Waals surface area contributed by atoms with Gasteiger partial charge in [0.15, 0.2) is 5.92 Å². The van der Waals surface area contributed by atoms with Gasteiger partial charge in [-0.3, -0.25) is 0 Å². The van der Waals surface area contributed by atoms with E-state index in [-0.39, 0.29) is 5.41 Å². The number of hydrogen-bond donors (Lipinski definition) is 0. The molecule has 1 rings (SSSR count). The van der Waals surface area contributed by atoms with Gasteiger partial charge >= 0.3 is 6.18 Å². The maximum absolute atomic E-state index is 12.4. The number of nitrogens with zero attached hydrogens (tertiary/aromatic N) is 1. The van der Waals surface area contributed by atoms with E-state index in [1.807, 2.05) is 12.1 Å². The van der Waals surface area contributed by atoms with Crippen LogP contribution in [0.3, 0.4) is 0 Å². The summed E-state index contributed by atoms with van der Waals surface area (Å²) in [6.45, 7) is 7.25. The van der Waals surface area contributed by atoms with E-state index in [0.29, 0.717) is 5.75 Å². The molecule has 1 aromatic carbocycles. The Kier molecular flexibility index (Phi) is 4.69. The zero-order valence-corrected chi connectivity index (χ0v) is 12.0. The number of aryl methyl sites for hydroxylation is 1. The molecule has 0 saturated heterocycles. The predicted molar refractivity (Wildman–Crippen MR) is 70.5 cm³/mol. The monoisotopic (exact) mass is 285 g/mol. The van der Waals surface area contributed by atoms with E-state index in [2.05, 4.69) is 20.8 Å². The van der Waals surface area contributed by atoms with Crippen molar-refractivity contribution in [1.82, 2.24) is 0 Å². The average molecular weight is 285 g/mol. The molecule has 110 valence electrons. The summed E-state index contributed by atoms with van der Waals surface area (Å²) in [5, 5.41) is 8.51. The largest absolute Gasteiger partial charge is 0.492 e. The lowest BCUT2D eigenvalue weighted by molar-refractivity contribution is -0.165. The topological polar surface area (TPSA) is 33.0 Å². The Bertz CT molecular complexity index is 509. The number of hydrogen-bond acceptors (Lipinski definition) is 2. The summed E-state index contributed by atoms with van der Waals surface area (Å²) in [5.74, 6) is -1.73. The van der Waals surface area contributed by atoms with Crippen molar-refractivity contribution in [3.63, 3.8) is 0 Å². The minimum atomic E-state index is -4.56. The van der Waals surface area contributed by atoms with Crippen LogP contribution in [0.2, 0.25) is 0 Å². The lowest BCUT2D eigenvalue weighted by Crippen LogP contribution is -2.27.